The fourth-order valence-corrected chi connectivity index (χ4v) is 3.99. The molecule has 1 saturated heterocycles. The molecular weight excluding hydrogens is 390 g/mol. The van der Waals surface area contributed by atoms with Gasteiger partial charge in [0.25, 0.3) is 0 Å². The SMILES string of the molecule is O=C(O)c1cc(OCc2cccc(C3=CC(CN4CCCC4)=CCC=C3)c2)ccc1O. The summed E-state index contributed by atoms with van der Waals surface area (Å²) in [5.41, 5.74) is 4.49. The molecule has 0 unspecified atom stereocenters. The first kappa shape index (κ1) is 20.9. The first-order valence-electron chi connectivity index (χ1n) is 10.7. The first-order valence-corrected chi connectivity index (χ1v) is 10.7. The summed E-state index contributed by atoms with van der Waals surface area (Å²) in [5, 5.41) is 18.8. The third-order valence-corrected chi connectivity index (χ3v) is 5.62. The van der Waals surface area contributed by atoms with Crippen molar-refractivity contribution in [1.82, 2.24) is 4.90 Å². The Morgan fingerprint density at radius 3 is 2.74 bits per heavy atom. The topological polar surface area (TPSA) is 70.0 Å². The second-order valence-electron chi connectivity index (χ2n) is 7.97. The maximum absolute atomic E-state index is 11.2. The number of carbonyl (C=O) groups is 1. The highest BCUT2D eigenvalue weighted by Crippen LogP contribution is 2.26. The van der Waals surface area contributed by atoms with E-state index in [9.17, 15) is 9.90 Å². The number of hydrogen-bond donors (Lipinski definition) is 2. The number of carboxylic acid groups (broad SMARTS) is 1. The van der Waals surface area contributed by atoms with E-state index in [2.05, 4.69) is 41.3 Å². The summed E-state index contributed by atoms with van der Waals surface area (Å²) in [4.78, 5) is 13.7. The molecule has 0 bridgehead atoms. The molecule has 2 N–H and O–H groups in total. The van der Waals surface area contributed by atoms with E-state index in [1.165, 1.54) is 49.2 Å². The number of hydrogen-bond acceptors (Lipinski definition) is 4. The van der Waals surface area contributed by atoms with Crippen molar-refractivity contribution in [2.45, 2.75) is 25.9 Å². The van der Waals surface area contributed by atoms with Crippen molar-refractivity contribution in [2.24, 2.45) is 0 Å². The van der Waals surface area contributed by atoms with E-state index in [4.69, 9.17) is 9.84 Å². The standard InChI is InChI=1S/C26H27NO4/c28-25-11-10-23(16-24(25)26(29)30)31-18-20-7-5-9-22(15-20)21-8-2-1-6-19(14-21)17-27-12-3-4-13-27/h2,5-11,14-16,28H,1,3-4,12-13,17-18H2,(H,29,30). The van der Waals surface area contributed by atoms with Gasteiger partial charge >= 0.3 is 5.97 Å². The molecule has 160 valence electrons. The van der Waals surface area contributed by atoms with Crippen LogP contribution in [0.25, 0.3) is 5.57 Å². The molecule has 0 aromatic heterocycles. The number of ether oxygens (including phenoxy) is 1. The number of nitrogens with zero attached hydrogens (tertiary/aromatic N) is 1. The lowest BCUT2D eigenvalue weighted by molar-refractivity contribution is 0.0693. The van der Waals surface area contributed by atoms with Crippen LogP contribution < -0.4 is 4.74 Å². The predicted octanol–water partition coefficient (Wildman–Crippen LogP) is 5.03. The van der Waals surface area contributed by atoms with Crippen LogP contribution in [0.2, 0.25) is 0 Å². The lowest BCUT2D eigenvalue weighted by atomic mass is 10.0. The van der Waals surface area contributed by atoms with Gasteiger partial charge in [0.15, 0.2) is 0 Å². The van der Waals surface area contributed by atoms with Gasteiger partial charge < -0.3 is 14.9 Å². The minimum absolute atomic E-state index is 0.169. The van der Waals surface area contributed by atoms with Crippen LogP contribution in [0, 0.1) is 0 Å². The molecule has 1 aliphatic carbocycles. The molecule has 0 spiro atoms. The van der Waals surface area contributed by atoms with Crippen molar-refractivity contribution in [3.63, 3.8) is 0 Å². The lowest BCUT2D eigenvalue weighted by Crippen LogP contribution is -2.21. The molecule has 0 radical (unpaired) electrons. The Morgan fingerprint density at radius 1 is 1.10 bits per heavy atom. The van der Waals surface area contributed by atoms with E-state index in [0.29, 0.717) is 12.4 Å². The molecule has 31 heavy (non-hydrogen) atoms. The Hall–Kier alpha value is -3.31. The molecule has 1 aliphatic heterocycles. The van der Waals surface area contributed by atoms with Crippen LogP contribution in [0.15, 0.2) is 72.3 Å². The number of carboxylic acids is 1. The Bertz CT molecular complexity index is 1050. The predicted molar refractivity (Wildman–Crippen MR) is 121 cm³/mol. The Labute approximate surface area is 182 Å². The lowest BCUT2D eigenvalue weighted by Gasteiger charge is -2.16. The van der Waals surface area contributed by atoms with Gasteiger partial charge in [-0.2, -0.15) is 0 Å². The molecule has 2 aromatic carbocycles. The van der Waals surface area contributed by atoms with Gasteiger partial charge in [-0.15, -0.1) is 0 Å². The van der Waals surface area contributed by atoms with Gasteiger partial charge in [0, 0.05) is 6.54 Å². The average molecular weight is 418 g/mol. The fraction of sp³-hybridized carbons (Fsp3) is 0.269. The number of allylic oxidation sites excluding steroid dienone is 4. The van der Waals surface area contributed by atoms with Crippen LogP contribution in [-0.2, 0) is 6.61 Å². The summed E-state index contributed by atoms with van der Waals surface area (Å²) in [7, 11) is 0. The normalized spacial score (nSPS) is 16.5. The summed E-state index contributed by atoms with van der Waals surface area (Å²) in [6.07, 6.45) is 12.5. The molecule has 0 atom stereocenters. The molecule has 1 heterocycles. The third kappa shape index (κ3) is 5.44. The molecule has 5 nitrogen and oxygen atoms in total. The zero-order chi connectivity index (χ0) is 21.6. The van der Waals surface area contributed by atoms with Gasteiger partial charge in [-0.1, -0.05) is 42.5 Å². The van der Waals surface area contributed by atoms with E-state index in [0.717, 1.165) is 24.1 Å². The number of benzene rings is 2. The Morgan fingerprint density at radius 2 is 1.94 bits per heavy atom. The van der Waals surface area contributed by atoms with Crippen molar-refractivity contribution in [3.8, 4) is 11.5 Å². The molecule has 5 heteroatoms. The summed E-state index contributed by atoms with van der Waals surface area (Å²) in [6.45, 7) is 3.68. The average Bonchev–Trinajstić information content (AvgIpc) is 3.17. The molecule has 4 rings (SSSR count). The van der Waals surface area contributed by atoms with Gasteiger partial charge in [-0.3, -0.25) is 4.90 Å². The van der Waals surface area contributed by atoms with E-state index >= 15 is 0 Å². The number of aromatic carboxylic acids is 1. The van der Waals surface area contributed by atoms with Crippen molar-refractivity contribution in [1.29, 1.82) is 0 Å². The van der Waals surface area contributed by atoms with Crippen molar-refractivity contribution < 1.29 is 19.7 Å². The van der Waals surface area contributed by atoms with Crippen molar-refractivity contribution in [2.75, 3.05) is 19.6 Å². The van der Waals surface area contributed by atoms with Crippen LogP contribution in [-0.4, -0.2) is 40.7 Å². The van der Waals surface area contributed by atoms with Crippen molar-refractivity contribution in [3.05, 3.63) is 89.0 Å². The van der Waals surface area contributed by atoms with Crippen molar-refractivity contribution >= 4 is 11.5 Å². The highest BCUT2D eigenvalue weighted by Gasteiger charge is 2.14. The Kier molecular flexibility index (Phi) is 6.53. The molecule has 0 amide bonds. The number of rotatable bonds is 7. The van der Waals surface area contributed by atoms with Gasteiger partial charge in [0.1, 0.15) is 23.7 Å². The number of phenols is 1. The third-order valence-electron chi connectivity index (χ3n) is 5.62. The maximum atomic E-state index is 11.2. The molecule has 1 fully saturated rings. The summed E-state index contributed by atoms with van der Waals surface area (Å²) in [6, 6.07) is 12.5. The quantitative estimate of drug-likeness (QED) is 0.661. The molecule has 2 aliphatic rings. The molecular formula is C26H27NO4. The van der Waals surface area contributed by atoms with E-state index in [-0.39, 0.29) is 11.3 Å². The zero-order valence-electron chi connectivity index (χ0n) is 17.5. The summed E-state index contributed by atoms with van der Waals surface area (Å²) in [5.74, 6) is -1.05. The molecule has 0 saturated carbocycles. The van der Waals surface area contributed by atoms with Crippen LogP contribution in [0.1, 0.15) is 40.7 Å². The van der Waals surface area contributed by atoms with Gasteiger partial charge in [-0.05, 0) is 78.9 Å². The van der Waals surface area contributed by atoms with Crippen LogP contribution in [0.5, 0.6) is 11.5 Å². The van der Waals surface area contributed by atoms with Gasteiger partial charge in [0.2, 0.25) is 0 Å². The smallest absolute Gasteiger partial charge is 0.339 e. The van der Waals surface area contributed by atoms with Gasteiger partial charge in [0.05, 0.1) is 0 Å². The highest BCUT2D eigenvalue weighted by molar-refractivity contribution is 5.91. The van der Waals surface area contributed by atoms with E-state index < -0.39 is 5.97 Å². The summed E-state index contributed by atoms with van der Waals surface area (Å²) >= 11 is 0. The van der Waals surface area contributed by atoms with E-state index in [1.54, 1.807) is 6.07 Å². The second-order valence-corrected chi connectivity index (χ2v) is 7.97. The summed E-state index contributed by atoms with van der Waals surface area (Å²) < 4.78 is 5.78. The second kappa shape index (κ2) is 9.67. The molecule has 2 aromatic rings. The Balaban J connectivity index is 1.47. The van der Waals surface area contributed by atoms with Crippen LogP contribution in [0.4, 0.5) is 0 Å². The highest BCUT2D eigenvalue weighted by atomic mass is 16.5. The van der Waals surface area contributed by atoms with Gasteiger partial charge in [-0.25, -0.2) is 4.79 Å². The van der Waals surface area contributed by atoms with E-state index in [1.807, 2.05) is 12.1 Å². The zero-order valence-corrected chi connectivity index (χ0v) is 17.5. The fourth-order valence-electron chi connectivity index (χ4n) is 3.99. The first-order chi connectivity index (χ1) is 15.1. The number of aromatic hydroxyl groups is 1. The number of likely N-dealkylation sites (tertiary alicyclic amines) is 1. The maximum Gasteiger partial charge on any atom is 0.339 e. The largest absolute Gasteiger partial charge is 0.507 e. The minimum Gasteiger partial charge on any atom is -0.507 e. The minimum atomic E-state index is -1.19. The van der Waals surface area contributed by atoms with Crippen LogP contribution >= 0.6 is 0 Å². The van der Waals surface area contributed by atoms with Crippen LogP contribution in [0.3, 0.4) is 0 Å². The monoisotopic (exact) mass is 417 g/mol.